The maximum atomic E-state index is 6.38. The third-order valence-electron chi connectivity index (χ3n) is 3.91. The van der Waals surface area contributed by atoms with Crippen molar-refractivity contribution < 1.29 is 0 Å². The van der Waals surface area contributed by atoms with Gasteiger partial charge in [0.15, 0.2) is 0 Å². The van der Waals surface area contributed by atoms with E-state index in [2.05, 4.69) is 29.2 Å². The third-order valence-corrected chi connectivity index (χ3v) is 4.71. The second-order valence-corrected chi connectivity index (χ2v) is 6.08. The van der Waals surface area contributed by atoms with Crippen LogP contribution >= 0.6 is 11.3 Å². The predicted molar refractivity (Wildman–Crippen MR) is 75.8 cm³/mol. The Morgan fingerprint density at radius 3 is 2.94 bits per heavy atom. The average Bonchev–Trinajstić information content (AvgIpc) is 2.91. The van der Waals surface area contributed by atoms with Crippen molar-refractivity contribution in [1.29, 1.82) is 0 Å². The van der Waals surface area contributed by atoms with E-state index in [1.807, 2.05) is 11.7 Å². The molecule has 0 fully saturated rings. The quantitative estimate of drug-likeness (QED) is 0.919. The van der Waals surface area contributed by atoms with Gasteiger partial charge in [-0.25, -0.2) is 0 Å². The molecule has 1 heterocycles. The fourth-order valence-electron chi connectivity index (χ4n) is 2.83. The summed E-state index contributed by atoms with van der Waals surface area (Å²) in [6.45, 7) is 0. The van der Waals surface area contributed by atoms with Gasteiger partial charge in [-0.3, -0.25) is 4.98 Å². The van der Waals surface area contributed by atoms with Crippen LogP contribution in [0, 0.1) is 5.92 Å². The van der Waals surface area contributed by atoms with E-state index in [0.717, 1.165) is 12.8 Å². The molecular weight excluding hydrogens is 240 g/mol. The number of fused-ring (bicyclic) bond motifs is 1. The molecule has 94 valence electrons. The van der Waals surface area contributed by atoms with Crippen molar-refractivity contribution in [3.8, 4) is 0 Å². The Morgan fingerprint density at radius 2 is 2.17 bits per heavy atom. The summed E-state index contributed by atoms with van der Waals surface area (Å²) in [7, 11) is 0. The lowest BCUT2D eigenvalue weighted by atomic mass is 9.79. The van der Waals surface area contributed by atoms with Gasteiger partial charge in [-0.2, -0.15) is 0 Å². The molecule has 2 N–H and O–H groups in total. The third kappa shape index (κ3) is 2.47. The standard InChI is InChI=1S/C15H18N2S/c16-15(8-14-9-17-10-18-14)13-6-5-11-3-1-2-4-12(11)7-13/h1-4,9-10,13,15H,5-8,16H2. The van der Waals surface area contributed by atoms with Gasteiger partial charge in [0.05, 0.1) is 5.51 Å². The molecule has 0 saturated carbocycles. The van der Waals surface area contributed by atoms with Crippen LogP contribution in [0.5, 0.6) is 0 Å². The highest BCUT2D eigenvalue weighted by Crippen LogP contribution is 2.28. The van der Waals surface area contributed by atoms with Gasteiger partial charge in [-0.1, -0.05) is 24.3 Å². The number of nitrogens with zero attached hydrogens (tertiary/aromatic N) is 1. The molecule has 0 saturated heterocycles. The molecule has 2 nitrogen and oxygen atoms in total. The first kappa shape index (κ1) is 11.9. The summed E-state index contributed by atoms with van der Waals surface area (Å²) in [6.07, 6.45) is 6.45. The van der Waals surface area contributed by atoms with E-state index in [-0.39, 0.29) is 6.04 Å². The van der Waals surface area contributed by atoms with Gasteiger partial charge in [-0.15, -0.1) is 11.3 Å². The molecule has 1 aromatic carbocycles. The number of aromatic nitrogens is 1. The molecule has 0 aliphatic heterocycles. The summed E-state index contributed by atoms with van der Waals surface area (Å²) >= 11 is 1.71. The van der Waals surface area contributed by atoms with Crippen LogP contribution in [0.2, 0.25) is 0 Å². The SMILES string of the molecule is NC(Cc1cncs1)C1CCc2ccccc2C1. The predicted octanol–water partition coefficient (Wildman–Crippen LogP) is 2.82. The Bertz CT molecular complexity index is 507. The van der Waals surface area contributed by atoms with Crippen LogP contribution in [0.1, 0.15) is 22.4 Å². The van der Waals surface area contributed by atoms with Gasteiger partial charge in [0.25, 0.3) is 0 Å². The van der Waals surface area contributed by atoms with Crippen molar-refractivity contribution in [2.75, 3.05) is 0 Å². The highest BCUT2D eigenvalue weighted by Gasteiger charge is 2.24. The molecular formula is C15H18N2S. The Balaban J connectivity index is 1.68. The summed E-state index contributed by atoms with van der Waals surface area (Å²) in [4.78, 5) is 5.43. The van der Waals surface area contributed by atoms with Gasteiger partial charge < -0.3 is 5.73 Å². The van der Waals surface area contributed by atoms with E-state index in [9.17, 15) is 0 Å². The minimum Gasteiger partial charge on any atom is -0.327 e. The summed E-state index contributed by atoms with van der Waals surface area (Å²) in [5, 5.41) is 0. The smallest absolute Gasteiger partial charge is 0.0794 e. The zero-order valence-corrected chi connectivity index (χ0v) is 11.2. The number of rotatable bonds is 3. The van der Waals surface area contributed by atoms with Crippen molar-refractivity contribution in [1.82, 2.24) is 4.98 Å². The number of hydrogen-bond donors (Lipinski definition) is 1. The largest absolute Gasteiger partial charge is 0.327 e. The fourth-order valence-corrected chi connectivity index (χ4v) is 3.50. The lowest BCUT2D eigenvalue weighted by Gasteiger charge is -2.29. The fraction of sp³-hybridized carbons (Fsp3) is 0.400. The van der Waals surface area contributed by atoms with Gasteiger partial charge in [0, 0.05) is 17.1 Å². The van der Waals surface area contributed by atoms with Crippen LogP contribution in [0.4, 0.5) is 0 Å². The van der Waals surface area contributed by atoms with Crippen LogP contribution in [-0.2, 0) is 19.3 Å². The molecule has 2 atom stereocenters. The van der Waals surface area contributed by atoms with Crippen LogP contribution < -0.4 is 5.73 Å². The van der Waals surface area contributed by atoms with Crippen molar-refractivity contribution >= 4 is 11.3 Å². The average molecular weight is 258 g/mol. The lowest BCUT2D eigenvalue weighted by molar-refractivity contribution is 0.373. The Kier molecular flexibility index (Phi) is 3.43. The summed E-state index contributed by atoms with van der Waals surface area (Å²) < 4.78 is 0. The molecule has 0 bridgehead atoms. The van der Waals surface area contributed by atoms with E-state index in [1.165, 1.54) is 28.8 Å². The van der Waals surface area contributed by atoms with E-state index < -0.39 is 0 Å². The summed E-state index contributed by atoms with van der Waals surface area (Å²) in [5.41, 5.74) is 11.3. The van der Waals surface area contributed by atoms with Gasteiger partial charge in [0.1, 0.15) is 0 Å². The zero-order chi connectivity index (χ0) is 12.4. The molecule has 2 aromatic rings. The summed E-state index contributed by atoms with van der Waals surface area (Å²) in [6, 6.07) is 9.03. The summed E-state index contributed by atoms with van der Waals surface area (Å²) in [5.74, 6) is 0.613. The van der Waals surface area contributed by atoms with Gasteiger partial charge in [-0.05, 0) is 42.7 Å². The first-order chi connectivity index (χ1) is 8.83. The van der Waals surface area contributed by atoms with E-state index >= 15 is 0 Å². The maximum Gasteiger partial charge on any atom is 0.0794 e. The molecule has 0 spiro atoms. The van der Waals surface area contributed by atoms with Gasteiger partial charge >= 0.3 is 0 Å². The highest BCUT2D eigenvalue weighted by molar-refractivity contribution is 7.09. The number of hydrogen-bond acceptors (Lipinski definition) is 3. The minimum absolute atomic E-state index is 0.263. The van der Waals surface area contributed by atoms with Crippen LogP contribution in [-0.4, -0.2) is 11.0 Å². The first-order valence-corrected chi connectivity index (χ1v) is 7.40. The molecule has 18 heavy (non-hydrogen) atoms. The number of aryl methyl sites for hydroxylation is 1. The Morgan fingerprint density at radius 1 is 1.33 bits per heavy atom. The number of nitrogens with two attached hydrogens (primary N) is 1. The molecule has 2 unspecified atom stereocenters. The number of thiazole rings is 1. The van der Waals surface area contributed by atoms with E-state index in [4.69, 9.17) is 5.73 Å². The van der Waals surface area contributed by atoms with E-state index in [1.54, 1.807) is 11.3 Å². The topological polar surface area (TPSA) is 38.9 Å². The first-order valence-electron chi connectivity index (χ1n) is 6.52. The van der Waals surface area contributed by atoms with Crippen molar-refractivity contribution in [2.45, 2.75) is 31.7 Å². The van der Waals surface area contributed by atoms with Crippen LogP contribution in [0.25, 0.3) is 0 Å². The molecule has 0 radical (unpaired) electrons. The maximum absolute atomic E-state index is 6.38. The van der Waals surface area contributed by atoms with Crippen molar-refractivity contribution in [3.63, 3.8) is 0 Å². The van der Waals surface area contributed by atoms with Crippen molar-refractivity contribution in [3.05, 3.63) is 52.0 Å². The molecule has 1 aliphatic rings. The normalized spacial score (nSPS) is 20.4. The molecule has 0 amide bonds. The Hall–Kier alpha value is -1.19. The van der Waals surface area contributed by atoms with Crippen molar-refractivity contribution in [2.24, 2.45) is 11.7 Å². The minimum atomic E-state index is 0.263. The molecule has 1 aromatic heterocycles. The molecule has 1 aliphatic carbocycles. The highest BCUT2D eigenvalue weighted by atomic mass is 32.1. The van der Waals surface area contributed by atoms with Crippen LogP contribution in [0.3, 0.4) is 0 Å². The monoisotopic (exact) mass is 258 g/mol. The second-order valence-electron chi connectivity index (χ2n) is 5.11. The Labute approximate surface area is 112 Å². The molecule has 3 rings (SSSR count). The lowest BCUT2D eigenvalue weighted by Crippen LogP contribution is -2.35. The van der Waals surface area contributed by atoms with Gasteiger partial charge in [0.2, 0.25) is 0 Å². The van der Waals surface area contributed by atoms with Crippen LogP contribution in [0.15, 0.2) is 36.0 Å². The zero-order valence-electron chi connectivity index (χ0n) is 10.4. The second kappa shape index (κ2) is 5.21. The van der Waals surface area contributed by atoms with E-state index in [0.29, 0.717) is 5.92 Å². The molecule has 3 heteroatoms. The number of benzene rings is 1.